The minimum absolute atomic E-state index is 0.203. The molecule has 0 unspecified atom stereocenters. The Kier molecular flexibility index (Phi) is 3.49. The van der Waals surface area contributed by atoms with Crippen molar-refractivity contribution >= 4 is 21.6 Å². The fraction of sp³-hybridized carbons (Fsp3) is 0.0769. The molecule has 1 heterocycles. The number of nitriles is 1. The normalized spacial score (nSPS) is 10.0. The van der Waals surface area contributed by atoms with E-state index in [9.17, 15) is 4.79 Å². The van der Waals surface area contributed by atoms with Crippen molar-refractivity contribution in [2.75, 3.05) is 5.73 Å². The summed E-state index contributed by atoms with van der Waals surface area (Å²) in [4.78, 5) is 11.4. The maximum absolute atomic E-state index is 11.4. The molecule has 0 fully saturated rings. The lowest BCUT2D eigenvalue weighted by atomic mass is 10.1. The predicted octanol–water partition coefficient (Wildman–Crippen LogP) is 2.11. The molecule has 0 saturated carbocycles. The molecule has 2 N–H and O–H groups in total. The molecule has 0 amide bonds. The summed E-state index contributed by atoms with van der Waals surface area (Å²) in [6.07, 6.45) is 3.29. The highest BCUT2D eigenvalue weighted by Crippen LogP contribution is 2.10. The zero-order valence-electron chi connectivity index (χ0n) is 9.43. The van der Waals surface area contributed by atoms with Crippen LogP contribution in [0.15, 0.2) is 45.9 Å². The molecule has 90 valence electrons. The summed E-state index contributed by atoms with van der Waals surface area (Å²) in [5.41, 5.74) is 7.27. The van der Waals surface area contributed by atoms with E-state index in [2.05, 4.69) is 22.0 Å². The number of hydrogen-bond acceptors (Lipinski definition) is 3. The number of benzene rings is 1. The fourth-order valence-corrected chi connectivity index (χ4v) is 2.10. The lowest BCUT2D eigenvalue weighted by molar-refractivity contribution is 0.787. The highest BCUT2D eigenvalue weighted by molar-refractivity contribution is 9.10. The number of aromatic nitrogens is 1. The van der Waals surface area contributed by atoms with Gasteiger partial charge in [0, 0.05) is 18.9 Å². The van der Waals surface area contributed by atoms with Crippen molar-refractivity contribution in [3.8, 4) is 6.07 Å². The van der Waals surface area contributed by atoms with E-state index in [-0.39, 0.29) is 11.1 Å². The van der Waals surface area contributed by atoms with Gasteiger partial charge in [-0.05, 0) is 33.6 Å². The van der Waals surface area contributed by atoms with Crippen LogP contribution in [0.1, 0.15) is 11.1 Å². The standard InChI is InChI=1S/C13H10BrN3O/c14-11-7-17(8-12(16)13(11)18)6-10-3-1-9(5-15)2-4-10/h1-4,7-8H,6,16H2. The molecule has 4 nitrogen and oxygen atoms in total. The van der Waals surface area contributed by atoms with Gasteiger partial charge in [0.05, 0.1) is 21.8 Å². The zero-order chi connectivity index (χ0) is 13.1. The molecule has 0 atom stereocenters. The van der Waals surface area contributed by atoms with Gasteiger partial charge < -0.3 is 10.3 Å². The van der Waals surface area contributed by atoms with Crippen molar-refractivity contribution in [1.82, 2.24) is 4.57 Å². The minimum Gasteiger partial charge on any atom is -0.394 e. The number of rotatable bonds is 2. The predicted molar refractivity (Wildman–Crippen MR) is 73.1 cm³/mol. The van der Waals surface area contributed by atoms with Crippen molar-refractivity contribution in [3.05, 3.63) is 62.5 Å². The first kappa shape index (κ1) is 12.4. The summed E-state index contributed by atoms with van der Waals surface area (Å²) < 4.78 is 2.26. The molecule has 0 aliphatic carbocycles. The molecule has 0 aliphatic rings. The second kappa shape index (κ2) is 5.07. The Morgan fingerprint density at radius 2 is 1.94 bits per heavy atom. The third kappa shape index (κ3) is 2.60. The second-order valence-electron chi connectivity index (χ2n) is 3.87. The Morgan fingerprint density at radius 3 is 2.50 bits per heavy atom. The topological polar surface area (TPSA) is 71.8 Å². The first-order valence-corrected chi connectivity index (χ1v) is 6.03. The summed E-state index contributed by atoms with van der Waals surface area (Å²) in [6.45, 7) is 0.592. The molecule has 18 heavy (non-hydrogen) atoms. The average Bonchev–Trinajstić information content (AvgIpc) is 2.37. The number of halogens is 1. The van der Waals surface area contributed by atoms with Gasteiger partial charge in [0.25, 0.3) is 0 Å². The third-order valence-corrected chi connectivity index (χ3v) is 3.08. The molecule has 5 heteroatoms. The number of nitrogen functional groups attached to an aromatic ring is 1. The van der Waals surface area contributed by atoms with Gasteiger partial charge in [0.2, 0.25) is 5.43 Å². The van der Waals surface area contributed by atoms with Gasteiger partial charge in [-0.3, -0.25) is 4.79 Å². The van der Waals surface area contributed by atoms with Crippen molar-refractivity contribution in [1.29, 1.82) is 5.26 Å². The van der Waals surface area contributed by atoms with Crippen LogP contribution < -0.4 is 11.2 Å². The van der Waals surface area contributed by atoms with Crippen LogP contribution in [0.3, 0.4) is 0 Å². The lowest BCUT2D eigenvalue weighted by Crippen LogP contribution is -2.13. The quantitative estimate of drug-likeness (QED) is 0.923. The van der Waals surface area contributed by atoms with Crippen molar-refractivity contribution in [2.24, 2.45) is 0 Å². The Balaban J connectivity index is 2.29. The highest BCUT2D eigenvalue weighted by atomic mass is 79.9. The second-order valence-corrected chi connectivity index (χ2v) is 4.73. The molecule has 0 radical (unpaired) electrons. The minimum atomic E-state index is -0.203. The number of anilines is 1. The van der Waals surface area contributed by atoms with E-state index in [0.717, 1.165) is 5.56 Å². The molecule has 1 aromatic carbocycles. The Bertz CT molecular complexity index is 642. The summed E-state index contributed by atoms with van der Waals surface area (Å²) in [6, 6.07) is 9.34. The molecule has 0 aliphatic heterocycles. The van der Waals surface area contributed by atoms with Crippen LogP contribution in [0.25, 0.3) is 0 Å². The van der Waals surface area contributed by atoms with Crippen LogP contribution in [0.5, 0.6) is 0 Å². The monoisotopic (exact) mass is 303 g/mol. The van der Waals surface area contributed by atoms with Gasteiger partial charge in [-0.1, -0.05) is 12.1 Å². The first-order valence-electron chi connectivity index (χ1n) is 5.24. The van der Waals surface area contributed by atoms with Gasteiger partial charge in [-0.2, -0.15) is 5.26 Å². The van der Waals surface area contributed by atoms with Crippen LogP contribution in [0.4, 0.5) is 5.69 Å². The molecule has 1 aromatic heterocycles. The van der Waals surface area contributed by atoms with Crippen LogP contribution in [0, 0.1) is 11.3 Å². The van der Waals surface area contributed by atoms with Gasteiger partial charge in [-0.25, -0.2) is 0 Å². The Labute approximate surface area is 112 Å². The van der Waals surface area contributed by atoms with E-state index in [4.69, 9.17) is 11.0 Å². The summed E-state index contributed by atoms with van der Waals surface area (Å²) >= 11 is 3.18. The number of hydrogen-bond donors (Lipinski definition) is 1. The highest BCUT2D eigenvalue weighted by Gasteiger charge is 2.03. The molecule has 0 saturated heterocycles. The summed E-state index contributed by atoms with van der Waals surface area (Å²) in [5, 5.41) is 8.71. The van der Waals surface area contributed by atoms with E-state index in [0.29, 0.717) is 16.6 Å². The molecular weight excluding hydrogens is 294 g/mol. The molecule has 0 spiro atoms. The van der Waals surface area contributed by atoms with Crippen molar-refractivity contribution < 1.29 is 0 Å². The number of pyridine rings is 1. The molecule has 0 bridgehead atoms. The maximum atomic E-state index is 11.4. The van der Waals surface area contributed by atoms with Crippen molar-refractivity contribution in [3.63, 3.8) is 0 Å². The average molecular weight is 304 g/mol. The Morgan fingerprint density at radius 1 is 1.28 bits per heavy atom. The van der Waals surface area contributed by atoms with E-state index < -0.39 is 0 Å². The van der Waals surface area contributed by atoms with Crippen LogP contribution in [-0.4, -0.2) is 4.57 Å². The van der Waals surface area contributed by atoms with Crippen molar-refractivity contribution in [2.45, 2.75) is 6.54 Å². The number of nitrogens with zero attached hydrogens (tertiary/aromatic N) is 2. The largest absolute Gasteiger partial charge is 0.394 e. The van der Waals surface area contributed by atoms with Gasteiger partial charge in [0.15, 0.2) is 0 Å². The van der Waals surface area contributed by atoms with Crippen LogP contribution >= 0.6 is 15.9 Å². The zero-order valence-corrected chi connectivity index (χ0v) is 11.0. The fourth-order valence-electron chi connectivity index (χ4n) is 1.60. The van der Waals surface area contributed by atoms with E-state index in [1.807, 2.05) is 16.7 Å². The van der Waals surface area contributed by atoms with Crippen LogP contribution in [-0.2, 0) is 6.54 Å². The van der Waals surface area contributed by atoms with Gasteiger partial charge in [-0.15, -0.1) is 0 Å². The molecule has 2 aromatic rings. The third-order valence-electron chi connectivity index (χ3n) is 2.51. The van der Waals surface area contributed by atoms with E-state index >= 15 is 0 Å². The van der Waals surface area contributed by atoms with E-state index in [1.54, 1.807) is 24.5 Å². The summed E-state index contributed by atoms with van der Waals surface area (Å²) in [7, 11) is 0. The first-order chi connectivity index (χ1) is 8.60. The lowest BCUT2D eigenvalue weighted by Gasteiger charge is -2.08. The maximum Gasteiger partial charge on any atom is 0.218 e. The number of nitrogens with two attached hydrogens (primary N) is 1. The van der Waals surface area contributed by atoms with E-state index in [1.165, 1.54) is 0 Å². The summed E-state index contributed by atoms with van der Waals surface area (Å²) in [5.74, 6) is 0. The smallest absolute Gasteiger partial charge is 0.218 e. The molecule has 2 rings (SSSR count). The van der Waals surface area contributed by atoms with Gasteiger partial charge >= 0.3 is 0 Å². The van der Waals surface area contributed by atoms with Crippen LogP contribution in [0.2, 0.25) is 0 Å². The van der Waals surface area contributed by atoms with Gasteiger partial charge in [0.1, 0.15) is 0 Å². The SMILES string of the molecule is N#Cc1ccc(Cn2cc(N)c(=O)c(Br)c2)cc1. The molecular formula is C13H10BrN3O. The Hall–Kier alpha value is -2.06.